The van der Waals surface area contributed by atoms with E-state index in [4.69, 9.17) is 28.4 Å². The number of carbonyl (C=O) groups excluding carboxylic acids is 2. The van der Waals surface area contributed by atoms with Gasteiger partial charge in [-0.2, -0.15) is 0 Å². The Morgan fingerprint density at radius 1 is 0.833 bits per heavy atom. The lowest BCUT2D eigenvalue weighted by Gasteiger charge is -2.26. The third-order valence-corrected chi connectivity index (χ3v) is 6.45. The Morgan fingerprint density at radius 3 is 2.42 bits per heavy atom. The molecular formula is C28H22O8. The second-order valence-electron chi connectivity index (χ2n) is 8.54. The lowest BCUT2D eigenvalue weighted by Crippen LogP contribution is -2.21. The van der Waals surface area contributed by atoms with E-state index in [-0.39, 0.29) is 23.9 Å². The minimum absolute atomic E-state index is 0.0949. The monoisotopic (exact) mass is 486 g/mol. The number of allylic oxidation sites excluding steroid dienone is 1. The summed E-state index contributed by atoms with van der Waals surface area (Å²) < 4.78 is 33.7. The maximum absolute atomic E-state index is 13.3. The summed E-state index contributed by atoms with van der Waals surface area (Å²) in [4.78, 5) is 25.7. The molecule has 0 fully saturated rings. The SMILES string of the molecule is COc1ccc([C@@H]2CC(=O)Oc3ccc4c(c32)O/C(=C\c2ccc3c(c2)OCCO3)C4=O)cc1OC. The van der Waals surface area contributed by atoms with Crippen LogP contribution in [0.5, 0.6) is 34.5 Å². The van der Waals surface area contributed by atoms with Crippen molar-refractivity contribution in [3.8, 4) is 34.5 Å². The van der Waals surface area contributed by atoms with Crippen molar-refractivity contribution in [2.45, 2.75) is 12.3 Å². The van der Waals surface area contributed by atoms with E-state index in [2.05, 4.69) is 0 Å². The van der Waals surface area contributed by atoms with Crippen LogP contribution in [0.1, 0.15) is 39.4 Å². The summed E-state index contributed by atoms with van der Waals surface area (Å²) in [5.74, 6) is 2.36. The second kappa shape index (κ2) is 8.64. The summed E-state index contributed by atoms with van der Waals surface area (Å²) in [5.41, 5.74) is 2.63. The maximum atomic E-state index is 13.3. The van der Waals surface area contributed by atoms with Crippen molar-refractivity contribution in [3.63, 3.8) is 0 Å². The largest absolute Gasteiger partial charge is 0.493 e. The summed E-state index contributed by atoms with van der Waals surface area (Å²) in [6, 6.07) is 14.2. The number of benzene rings is 3. The number of ketones is 1. The Hall–Kier alpha value is -4.46. The lowest BCUT2D eigenvalue weighted by atomic mass is 9.84. The van der Waals surface area contributed by atoms with Crippen molar-refractivity contribution in [2.24, 2.45) is 0 Å². The van der Waals surface area contributed by atoms with E-state index in [1.165, 1.54) is 0 Å². The van der Waals surface area contributed by atoms with Crippen LogP contribution in [0.25, 0.3) is 6.08 Å². The number of carbonyl (C=O) groups is 2. The number of fused-ring (bicyclic) bond motifs is 4. The van der Waals surface area contributed by atoms with E-state index >= 15 is 0 Å². The normalized spacial score (nSPS) is 18.7. The number of Topliss-reactive ketones (excluding diaryl/α,β-unsaturated/α-hetero) is 1. The van der Waals surface area contributed by atoms with Gasteiger partial charge in [-0.15, -0.1) is 0 Å². The lowest BCUT2D eigenvalue weighted by molar-refractivity contribution is -0.135. The number of esters is 1. The molecule has 0 aliphatic carbocycles. The summed E-state index contributed by atoms with van der Waals surface area (Å²) in [5, 5.41) is 0. The van der Waals surface area contributed by atoms with E-state index in [0.29, 0.717) is 58.8 Å². The molecule has 0 unspecified atom stereocenters. The van der Waals surface area contributed by atoms with Crippen LogP contribution in [0.15, 0.2) is 54.3 Å². The number of hydrogen-bond donors (Lipinski definition) is 0. The summed E-state index contributed by atoms with van der Waals surface area (Å²) in [6.07, 6.45) is 1.77. The van der Waals surface area contributed by atoms with E-state index in [1.54, 1.807) is 38.5 Å². The molecule has 8 nitrogen and oxygen atoms in total. The fourth-order valence-electron chi connectivity index (χ4n) is 4.76. The minimum atomic E-state index is -0.391. The molecule has 0 bridgehead atoms. The van der Waals surface area contributed by atoms with Gasteiger partial charge in [0.15, 0.2) is 28.8 Å². The third-order valence-electron chi connectivity index (χ3n) is 6.45. The molecule has 3 aromatic carbocycles. The molecule has 0 spiro atoms. The Labute approximate surface area is 206 Å². The average Bonchev–Trinajstić information content (AvgIpc) is 3.22. The van der Waals surface area contributed by atoms with Crippen LogP contribution in [0.3, 0.4) is 0 Å². The van der Waals surface area contributed by atoms with Gasteiger partial charge >= 0.3 is 5.97 Å². The fourth-order valence-corrected chi connectivity index (χ4v) is 4.76. The van der Waals surface area contributed by atoms with Gasteiger partial charge in [0.1, 0.15) is 24.7 Å². The van der Waals surface area contributed by atoms with Gasteiger partial charge < -0.3 is 28.4 Å². The topological polar surface area (TPSA) is 89.5 Å². The van der Waals surface area contributed by atoms with Gasteiger partial charge in [0.25, 0.3) is 0 Å². The van der Waals surface area contributed by atoms with E-state index in [0.717, 1.165) is 11.1 Å². The molecule has 36 heavy (non-hydrogen) atoms. The smallest absolute Gasteiger partial charge is 0.312 e. The molecule has 0 amide bonds. The number of ether oxygens (including phenoxy) is 6. The highest BCUT2D eigenvalue weighted by atomic mass is 16.6. The zero-order valence-electron chi connectivity index (χ0n) is 19.7. The standard InChI is InChI=1S/C28H22O8/c1-31-19-7-4-16(13-22(19)32-2)18-14-25(29)35-21-8-5-17-27(30)24(36-28(17)26(18)21)12-15-3-6-20-23(11-15)34-10-9-33-20/h3-8,11-13,18H,9-10,14H2,1-2H3/b24-12-/t18-/m0/s1. The molecule has 6 rings (SSSR count). The fraction of sp³-hybridized carbons (Fsp3) is 0.214. The van der Waals surface area contributed by atoms with E-state index in [1.807, 2.05) is 30.3 Å². The van der Waals surface area contributed by atoms with Crippen molar-refractivity contribution < 1.29 is 38.0 Å². The first-order valence-corrected chi connectivity index (χ1v) is 11.5. The zero-order chi connectivity index (χ0) is 24.8. The molecule has 0 saturated carbocycles. The molecule has 1 atom stereocenters. The van der Waals surface area contributed by atoms with Gasteiger partial charge in [-0.3, -0.25) is 9.59 Å². The van der Waals surface area contributed by atoms with Gasteiger partial charge in [0.05, 0.1) is 26.2 Å². The average molecular weight is 486 g/mol. The molecular weight excluding hydrogens is 464 g/mol. The van der Waals surface area contributed by atoms with Crippen LogP contribution in [-0.2, 0) is 4.79 Å². The highest BCUT2D eigenvalue weighted by Gasteiger charge is 2.38. The van der Waals surface area contributed by atoms with E-state index < -0.39 is 5.92 Å². The third kappa shape index (κ3) is 3.62. The van der Waals surface area contributed by atoms with Gasteiger partial charge in [-0.25, -0.2) is 0 Å². The minimum Gasteiger partial charge on any atom is -0.493 e. The number of hydrogen-bond acceptors (Lipinski definition) is 8. The molecule has 3 aliphatic rings. The highest BCUT2D eigenvalue weighted by Crippen LogP contribution is 2.50. The Balaban J connectivity index is 1.41. The first kappa shape index (κ1) is 22.0. The Kier molecular flexibility index (Phi) is 5.29. The molecule has 3 heterocycles. The number of rotatable bonds is 4. The first-order valence-electron chi connectivity index (χ1n) is 11.5. The Bertz CT molecular complexity index is 1440. The second-order valence-corrected chi connectivity index (χ2v) is 8.54. The Morgan fingerprint density at radius 2 is 1.61 bits per heavy atom. The molecule has 182 valence electrons. The predicted molar refractivity (Wildman–Crippen MR) is 128 cm³/mol. The van der Waals surface area contributed by atoms with Gasteiger partial charge in [0, 0.05) is 11.5 Å². The molecule has 3 aliphatic heterocycles. The van der Waals surface area contributed by atoms with Gasteiger partial charge in [-0.1, -0.05) is 12.1 Å². The van der Waals surface area contributed by atoms with Crippen LogP contribution in [0.2, 0.25) is 0 Å². The van der Waals surface area contributed by atoms with Crippen LogP contribution in [-0.4, -0.2) is 39.2 Å². The number of methoxy groups -OCH3 is 2. The molecule has 0 saturated heterocycles. The molecule has 3 aromatic rings. The summed E-state index contributed by atoms with van der Waals surface area (Å²) in [7, 11) is 3.12. The first-order chi connectivity index (χ1) is 17.6. The molecule has 0 aromatic heterocycles. The van der Waals surface area contributed by atoms with Gasteiger partial charge in [-0.05, 0) is 53.6 Å². The zero-order valence-corrected chi connectivity index (χ0v) is 19.7. The van der Waals surface area contributed by atoms with Crippen LogP contribution in [0, 0.1) is 0 Å². The molecule has 0 radical (unpaired) electrons. The van der Waals surface area contributed by atoms with Crippen molar-refractivity contribution in [3.05, 3.63) is 76.5 Å². The maximum Gasteiger partial charge on any atom is 0.312 e. The van der Waals surface area contributed by atoms with Crippen molar-refractivity contribution in [1.82, 2.24) is 0 Å². The van der Waals surface area contributed by atoms with Gasteiger partial charge in [0.2, 0.25) is 5.78 Å². The van der Waals surface area contributed by atoms with Crippen LogP contribution >= 0.6 is 0 Å². The summed E-state index contributed by atoms with van der Waals surface area (Å²) in [6.45, 7) is 0.970. The van der Waals surface area contributed by atoms with Crippen LogP contribution < -0.4 is 28.4 Å². The molecule has 8 heteroatoms. The van der Waals surface area contributed by atoms with Crippen LogP contribution in [0.4, 0.5) is 0 Å². The summed E-state index contributed by atoms with van der Waals surface area (Å²) >= 11 is 0. The van der Waals surface area contributed by atoms with Crippen molar-refractivity contribution in [1.29, 1.82) is 0 Å². The highest BCUT2D eigenvalue weighted by molar-refractivity contribution is 6.15. The quantitative estimate of drug-likeness (QED) is 0.302. The van der Waals surface area contributed by atoms with E-state index in [9.17, 15) is 9.59 Å². The van der Waals surface area contributed by atoms with Crippen molar-refractivity contribution >= 4 is 17.8 Å². The molecule has 0 N–H and O–H groups in total. The predicted octanol–water partition coefficient (Wildman–Crippen LogP) is 4.53. The van der Waals surface area contributed by atoms with Crippen molar-refractivity contribution in [2.75, 3.05) is 27.4 Å².